The summed E-state index contributed by atoms with van der Waals surface area (Å²) in [4.78, 5) is 5.61. The molecule has 0 N–H and O–H groups in total. The number of rotatable bonds is 6. The highest BCUT2D eigenvalue weighted by Gasteiger charge is 2.55. The van der Waals surface area contributed by atoms with Gasteiger partial charge in [-0.1, -0.05) is 329 Å². The number of fused-ring (bicyclic) bond motifs is 16. The van der Waals surface area contributed by atoms with Gasteiger partial charge in [0.25, 0.3) is 0 Å². The van der Waals surface area contributed by atoms with Crippen LogP contribution in [0.1, 0.15) is 131 Å². The highest BCUT2D eigenvalue weighted by Crippen LogP contribution is 2.64. The average Bonchev–Trinajstić information content (AvgIpc) is 1.05. The van der Waals surface area contributed by atoms with Crippen LogP contribution in [0.2, 0.25) is 0 Å². The highest BCUT2D eigenvalue weighted by atomic mass is 15.3. The van der Waals surface area contributed by atoms with E-state index in [4.69, 9.17) is 0 Å². The third-order valence-electron chi connectivity index (χ3n) is 23.9. The van der Waals surface area contributed by atoms with Gasteiger partial charge >= 0.3 is 0 Å². The van der Waals surface area contributed by atoms with Crippen molar-refractivity contribution in [3.05, 3.63) is 356 Å². The fourth-order valence-electron chi connectivity index (χ4n) is 19.9. The first-order valence-corrected chi connectivity index (χ1v) is 36.1. The highest BCUT2D eigenvalue weighted by molar-refractivity contribution is 7.01. The molecule has 0 unspecified atom stereocenters. The Bertz CT molecular complexity index is 5350. The minimum Gasteiger partial charge on any atom is -0.307 e. The Morgan fingerprint density at radius 3 is 0.920 bits per heavy atom. The average molecular weight is 1280 g/mol. The molecular weight excluding hydrogens is 1200 g/mol. The van der Waals surface area contributed by atoms with Gasteiger partial charge in [-0.15, -0.1) is 0 Å². The number of hydrogen-bond donors (Lipinski definition) is 0. The van der Waals surface area contributed by atoms with Crippen molar-refractivity contribution in [2.75, 3.05) is 9.80 Å². The molecule has 2 aliphatic carbocycles. The zero-order valence-corrected chi connectivity index (χ0v) is 59.5. The first kappa shape index (κ1) is 60.5. The molecule has 100 heavy (non-hydrogen) atoms. The molecule has 0 aromatic heterocycles. The largest absolute Gasteiger partial charge is 0.307 e. The summed E-state index contributed by atoms with van der Waals surface area (Å²) in [6, 6.07) is 105. The van der Waals surface area contributed by atoms with Crippen LogP contribution in [-0.4, -0.2) is 13.4 Å². The van der Waals surface area contributed by atoms with Crippen LogP contribution >= 0.6 is 0 Å². The summed E-state index contributed by atoms with van der Waals surface area (Å²) in [5.41, 5.74) is 39.8. The van der Waals surface area contributed by atoms with E-state index >= 15 is 0 Å². The lowest BCUT2D eigenvalue weighted by Crippen LogP contribution is -2.62. The van der Waals surface area contributed by atoms with E-state index in [0.29, 0.717) is 0 Å². The minimum atomic E-state index is -0.675. The Morgan fingerprint density at radius 2 is 0.590 bits per heavy atom. The topological polar surface area (TPSA) is 6.48 Å². The summed E-state index contributed by atoms with van der Waals surface area (Å²) < 4.78 is 0. The fourth-order valence-corrected chi connectivity index (χ4v) is 19.9. The predicted molar refractivity (Wildman–Crippen MR) is 427 cm³/mol. The second-order valence-electron chi connectivity index (χ2n) is 31.8. The molecule has 0 saturated carbocycles. The van der Waals surface area contributed by atoms with E-state index in [0.717, 1.165) is 0 Å². The van der Waals surface area contributed by atoms with E-state index in [1.165, 1.54) is 200 Å². The maximum Gasteiger partial charge on any atom is 0.248 e. The molecule has 0 fully saturated rings. The molecule has 0 saturated heterocycles. The SMILES string of the molecule is Cc1cc(C)c(B2c3cc4c(cc3N3c5cc6ccccc6c6c5N(c5cc7c(cc5B6c5c(C)cc(C)cc5C)-c5ccc(C(C)(C)C)cc5C7(c5ccccc5)c5ccccc5)c5cc6ccccc6c2c53)C(c2ccccc2)(c2ccccc2)c2cc(C(C)(C)C)ccc2-4)c(C)c1. The summed E-state index contributed by atoms with van der Waals surface area (Å²) >= 11 is 0. The molecule has 0 bridgehead atoms. The molecule has 2 nitrogen and oxygen atoms in total. The Kier molecular flexibility index (Phi) is 13.0. The lowest BCUT2D eigenvalue weighted by Gasteiger charge is -2.50. The summed E-state index contributed by atoms with van der Waals surface area (Å²) in [7, 11) is 0. The number of hydrogen-bond acceptors (Lipinski definition) is 2. The molecule has 0 radical (unpaired) electrons. The molecule has 19 rings (SSSR count). The monoisotopic (exact) mass is 1280 g/mol. The molecule has 480 valence electrons. The zero-order valence-electron chi connectivity index (χ0n) is 59.5. The van der Waals surface area contributed by atoms with Gasteiger partial charge in [0, 0.05) is 11.4 Å². The van der Waals surface area contributed by atoms with Crippen LogP contribution in [0.15, 0.2) is 267 Å². The van der Waals surface area contributed by atoms with Crippen molar-refractivity contribution in [3.8, 4) is 22.3 Å². The zero-order chi connectivity index (χ0) is 68.2. The van der Waals surface area contributed by atoms with Crippen LogP contribution in [0.5, 0.6) is 0 Å². The number of aryl methyl sites for hydroxylation is 6. The van der Waals surface area contributed by atoms with Gasteiger partial charge in [-0.05, 0) is 198 Å². The normalized spacial score (nSPS) is 14.7. The standard InChI is InChI=1S/C96H80B2N2/c1-57-45-59(3)87(60(4)46-57)97-81-53-75-73-43-41-69(93(7,8)9)51-77(73)95(65-31-17-13-18-32-65,66-33-19-14-20-34-66)79(75)55-83(81)99-86-50-64-30-26-28-40-72(64)90-92(86)100(85-49-63-29-25-27-39-71(63)89(97)91(85)99)84-56-80-76(54-82(84)98(90)88-61(5)47-58(2)48-62(88)6)74-44-42-70(94(10,11)12)52-78(74)96(80,67-35-21-15-22-36-67)68-37-23-16-24-38-68/h13-56H,1-12H3. The number of benzene rings is 14. The van der Waals surface area contributed by atoms with Crippen LogP contribution < -0.4 is 42.6 Å². The Balaban J connectivity index is 1.01. The van der Waals surface area contributed by atoms with Gasteiger partial charge in [-0.2, -0.15) is 0 Å². The van der Waals surface area contributed by atoms with Crippen molar-refractivity contribution in [1.82, 2.24) is 0 Å². The molecule has 14 aromatic carbocycles. The van der Waals surface area contributed by atoms with E-state index in [9.17, 15) is 0 Å². The molecule has 14 aromatic rings. The second-order valence-corrected chi connectivity index (χ2v) is 31.8. The van der Waals surface area contributed by atoms with Crippen LogP contribution in [0.3, 0.4) is 0 Å². The van der Waals surface area contributed by atoms with Gasteiger partial charge in [0.15, 0.2) is 0 Å². The summed E-state index contributed by atoms with van der Waals surface area (Å²) in [6.07, 6.45) is 0. The quantitative estimate of drug-likeness (QED) is 0.153. The summed E-state index contributed by atoms with van der Waals surface area (Å²) in [5.74, 6) is 0. The Morgan fingerprint density at radius 1 is 0.280 bits per heavy atom. The molecule has 0 spiro atoms. The lowest BCUT2D eigenvalue weighted by molar-refractivity contribution is 0.587. The van der Waals surface area contributed by atoms with Gasteiger partial charge in [-0.25, -0.2) is 0 Å². The fraction of sp³-hybridized carbons (Fsp3) is 0.167. The number of anilines is 6. The third kappa shape index (κ3) is 8.22. The van der Waals surface area contributed by atoms with Crippen molar-refractivity contribution < 1.29 is 0 Å². The molecule has 4 heteroatoms. The van der Waals surface area contributed by atoms with Crippen LogP contribution in [-0.2, 0) is 21.7 Å². The van der Waals surface area contributed by atoms with Gasteiger partial charge in [-0.3, -0.25) is 0 Å². The van der Waals surface area contributed by atoms with Crippen molar-refractivity contribution in [3.63, 3.8) is 0 Å². The van der Waals surface area contributed by atoms with Gasteiger partial charge in [0.1, 0.15) is 0 Å². The van der Waals surface area contributed by atoms with E-state index in [1.807, 2.05) is 0 Å². The molecule has 5 aliphatic rings. The summed E-state index contributed by atoms with van der Waals surface area (Å²) in [6.45, 7) is 27.9. The van der Waals surface area contributed by atoms with Crippen molar-refractivity contribution in [2.45, 2.75) is 105 Å². The van der Waals surface area contributed by atoms with Crippen LogP contribution in [0, 0.1) is 41.5 Å². The second kappa shape index (κ2) is 21.4. The smallest absolute Gasteiger partial charge is 0.248 e. The first-order chi connectivity index (χ1) is 48.3. The number of nitrogens with zero attached hydrogens (tertiary/aromatic N) is 2. The predicted octanol–water partition coefficient (Wildman–Crippen LogP) is 20.1. The van der Waals surface area contributed by atoms with Crippen molar-refractivity contribution >= 4 is 102 Å². The maximum absolute atomic E-state index is 2.81. The van der Waals surface area contributed by atoms with Gasteiger partial charge in [0.2, 0.25) is 13.4 Å². The van der Waals surface area contributed by atoms with Crippen LogP contribution in [0.25, 0.3) is 43.8 Å². The van der Waals surface area contributed by atoms with E-state index in [1.54, 1.807) is 0 Å². The van der Waals surface area contributed by atoms with Crippen LogP contribution in [0.4, 0.5) is 34.1 Å². The van der Waals surface area contributed by atoms with E-state index in [-0.39, 0.29) is 24.3 Å². The summed E-state index contributed by atoms with van der Waals surface area (Å²) in [5, 5.41) is 5.01. The van der Waals surface area contributed by atoms with E-state index in [2.05, 4.69) is 360 Å². The Hall–Kier alpha value is -10.7. The van der Waals surface area contributed by atoms with Gasteiger partial charge in [0.05, 0.1) is 33.6 Å². The lowest BCUT2D eigenvalue weighted by atomic mass is 9.32. The molecule has 3 heterocycles. The third-order valence-corrected chi connectivity index (χ3v) is 23.9. The minimum absolute atomic E-state index is 0.0989. The molecular formula is C96H80B2N2. The molecule has 0 amide bonds. The maximum atomic E-state index is 2.81. The molecule has 0 atom stereocenters. The van der Waals surface area contributed by atoms with Crippen molar-refractivity contribution in [2.24, 2.45) is 0 Å². The van der Waals surface area contributed by atoms with Crippen molar-refractivity contribution in [1.29, 1.82) is 0 Å². The molecule has 3 aliphatic heterocycles. The first-order valence-electron chi connectivity index (χ1n) is 36.1. The van der Waals surface area contributed by atoms with Gasteiger partial charge < -0.3 is 9.80 Å². The van der Waals surface area contributed by atoms with E-state index < -0.39 is 10.8 Å². The Labute approximate surface area is 590 Å².